The van der Waals surface area contributed by atoms with E-state index >= 15 is 0 Å². The van der Waals surface area contributed by atoms with Gasteiger partial charge >= 0.3 is 0 Å². The lowest BCUT2D eigenvalue weighted by molar-refractivity contribution is -0.130. The van der Waals surface area contributed by atoms with Crippen molar-refractivity contribution in [3.05, 3.63) is 24.5 Å². The molecule has 22 heavy (non-hydrogen) atoms. The molecule has 3 rings (SSSR count). The third-order valence-electron chi connectivity index (χ3n) is 3.66. The fraction of sp³-hybridized carbons (Fsp3) is 0.467. The fourth-order valence-electron chi connectivity index (χ4n) is 2.51. The van der Waals surface area contributed by atoms with Crippen molar-refractivity contribution in [2.24, 2.45) is 5.92 Å². The number of pyridine rings is 1. The van der Waals surface area contributed by atoms with E-state index < -0.39 is 0 Å². The van der Waals surface area contributed by atoms with Crippen LogP contribution in [0.1, 0.15) is 19.8 Å². The Hall–Kier alpha value is -1.89. The molecule has 0 radical (unpaired) electrons. The molecule has 116 valence electrons. The Kier molecular flexibility index (Phi) is 4.72. The van der Waals surface area contributed by atoms with Gasteiger partial charge in [0.15, 0.2) is 0 Å². The van der Waals surface area contributed by atoms with Crippen molar-refractivity contribution in [1.29, 1.82) is 0 Å². The van der Waals surface area contributed by atoms with E-state index in [2.05, 4.69) is 22.1 Å². The predicted octanol–water partition coefficient (Wildman–Crippen LogP) is 2.48. The average Bonchev–Trinajstić information content (AvgIpc) is 3.02. The van der Waals surface area contributed by atoms with Gasteiger partial charge in [0.05, 0.1) is 5.75 Å². The maximum absolute atomic E-state index is 12.2. The molecule has 0 aromatic carbocycles. The highest BCUT2D eigenvalue weighted by Gasteiger charge is 2.21. The number of hydrogen-bond donors (Lipinski definition) is 0. The van der Waals surface area contributed by atoms with Gasteiger partial charge in [-0.15, -0.1) is 10.2 Å². The van der Waals surface area contributed by atoms with Crippen LogP contribution in [0.4, 0.5) is 0 Å². The quantitative estimate of drug-likeness (QED) is 0.807. The smallest absolute Gasteiger partial charge is 0.277 e. The number of hydrogen-bond acceptors (Lipinski definition) is 6. The summed E-state index contributed by atoms with van der Waals surface area (Å²) in [5.41, 5.74) is 0.825. The molecule has 2 aromatic rings. The summed E-state index contributed by atoms with van der Waals surface area (Å²) in [6, 6.07) is 3.62. The molecule has 2 aromatic heterocycles. The molecule has 1 saturated heterocycles. The number of nitrogens with zero attached hydrogens (tertiary/aromatic N) is 4. The van der Waals surface area contributed by atoms with Crippen molar-refractivity contribution in [1.82, 2.24) is 20.1 Å². The zero-order chi connectivity index (χ0) is 15.4. The van der Waals surface area contributed by atoms with Gasteiger partial charge in [-0.1, -0.05) is 18.7 Å². The van der Waals surface area contributed by atoms with Crippen LogP contribution >= 0.6 is 11.8 Å². The summed E-state index contributed by atoms with van der Waals surface area (Å²) in [4.78, 5) is 18.1. The largest absolute Gasteiger partial charge is 0.411 e. The molecule has 3 heterocycles. The number of piperidine rings is 1. The second-order valence-electron chi connectivity index (χ2n) is 5.48. The van der Waals surface area contributed by atoms with E-state index in [0.717, 1.165) is 25.1 Å². The molecule has 1 aliphatic rings. The van der Waals surface area contributed by atoms with Crippen LogP contribution in [0.25, 0.3) is 11.5 Å². The molecule has 0 unspecified atom stereocenters. The predicted molar refractivity (Wildman–Crippen MR) is 83.2 cm³/mol. The van der Waals surface area contributed by atoms with E-state index in [4.69, 9.17) is 4.42 Å². The number of thioether (sulfide) groups is 1. The van der Waals surface area contributed by atoms with Crippen molar-refractivity contribution < 1.29 is 9.21 Å². The minimum absolute atomic E-state index is 0.139. The third kappa shape index (κ3) is 3.65. The lowest BCUT2D eigenvalue weighted by Gasteiger charge is -2.30. The van der Waals surface area contributed by atoms with E-state index in [9.17, 15) is 4.79 Å². The second-order valence-corrected chi connectivity index (χ2v) is 6.41. The van der Waals surface area contributed by atoms with Gasteiger partial charge in [-0.2, -0.15) is 0 Å². The Morgan fingerprint density at radius 1 is 1.41 bits per heavy atom. The Morgan fingerprint density at radius 2 is 2.23 bits per heavy atom. The molecule has 0 bridgehead atoms. The Bertz CT molecular complexity index is 631. The molecule has 1 amide bonds. The molecule has 1 fully saturated rings. The lowest BCUT2D eigenvalue weighted by atomic mass is 10.0. The summed E-state index contributed by atoms with van der Waals surface area (Å²) < 4.78 is 5.57. The van der Waals surface area contributed by atoms with Gasteiger partial charge in [-0.3, -0.25) is 9.78 Å². The highest BCUT2D eigenvalue weighted by atomic mass is 32.2. The molecule has 0 saturated carbocycles. The van der Waals surface area contributed by atoms with Gasteiger partial charge < -0.3 is 9.32 Å². The minimum Gasteiger partial charge on any atom is -0.411 e. The van der Waals surface area contributed by atoms with Crippen LogP contribution in [0.15, 0.2) is 34.2 Å². The number of likely N-dealkylation sites (tertiary alicyclic amines) is 1. The number of carbonyl (C=O) groups is 1. The topological polar surface area (TPSA) is 72.1 Å². The summed E-state index contributed by atoms with van der Waals surface area (Å²) in [5, 5.41) is 8.40. The monoisotopic (exact) mass is 318 g/mol. The minimum atomic E-state index is 0.139. The van der Waals surface area contributed by atoms with Crippen LogP contribution in [-0.2, 0) is 4.79 Å². The summed E-state index contributed by atoms with van der Waals surface area (Å²) in [6.07, 6.45) is 5.64. The van der Waals surface area contributed by atoms with Gasteiger partial charge in [0.1, 0.15) is 0 Å². The third-order valence-corrected chi connectivity index (χ3v) is 4.47. The normalized spacial score (nSPS) is 18.4. The standard InChI is InChI=1S/C15H18N4O2S/c1-11-3-2-8-19(9-11)13(20)10-22-15-18-17-14(21-15)12-4-6-16-7-5-12/h4-7,11H,2-3,8-10H2,1H3/t11-/m1/s1. The zero-order valence-corrected chi connectivity index (χ0v) is 13.3. The van der Waals surface area contributed by atoms with Gasteiger partial charge in [0.2, 0.25) is 11.8 Å². The number of carbonyl (C=O) groups excluding carboxylic acids is 1. The molecular weight excluding hydrogens is 300 g/mol. The lowest BCUT2D eigenvalue weighted by Crippen LogP contribution is -2.40. The van der Waals surface area contributed by atoms with E-state index in [1.807, 2.05) is 17.0 Å². The van der Waals surface area contributed by atoms with Gasteiger partial charge in [-0.25, -0.2) is 0 Å². The first-order chi connectivity index (χ1) is 10.7. The molecule has 0 spiro atoms. The van der Waals surface area contributed by atoms with Crippen molar-refractivity contribution >= 4 is 17.7 Å². The van der Waals surface area contributed by atoms with Gasteiger partial charge in [0, 0.05) is 31.0 Å². The first kappa shape index (κ1) is 15.0. The maximum atomic E-state index is 12.2. The summed E-state index contributed by atoms with van der Waals surface area (Å²) >= 11 is 1.29. The first-order valence-electron chi connectivity index (χ1n) is 7.37. The van der Waals surface area contributed by atoms with Crippen LogP contribution in [0, 0.1) is 5.92 Å². The van der Waals surface area contributed by atoms with Crippen molar-refractivity contribution in [3.63, 3.8) is 0 Å². The molecule has 0 aliphatic carbocycles. The van der Waals surface area contributed by atoms with Gasteiger partial charge in [0.25, 0.3) is 5.22 Å². The summed E-state index contributed by atoms with van der Waals surface area (Å²) in [5.74, 6) is 1.51. The highest BCUT2D eigenvalue weighted by Crippen LogP contribution is 2.23. The molecule has 6 nitrogen and oxygen atoms in total. The van der Waals surface area contributed by atoms with Crippen LogP contribution in [0.5, 0.6) is 0 Å². The molecule has 1 aliphatic heterocycles. The molecule has 7 heteroatoms. The Labute approximate surface area is 133 Å². The first-order valence-corrected chi connectivity index (χ1v) is 8.35. The molecule has 1 atom stereocenters. The molecular formula is C15H18N4O2S. The second kappa shape index (κ2) is 6.91. The molecule has 0 N–H and O–H groups in total. The Morgan fingerprint density at radius 3 is 3.00 bits per heavy atom. The maximum Gasteiger partial charge on any atom is 0.277 e. The van der Waals surface area contributed by atoms with Crippen LogP contribution in [0.3, 0.4) is 0 Å². The van der Waals surface area contributed by atoms with E-state index in [1.54, 1.807) is 12.4 Å². The fourth-order valence-corrected chi connectivity index (χ4v) is 3.18. The summed E-state index contributed by atoms with van der Waals surface area (Å²) in [6.45, 7) is 3.90. The number of rotatable bonds is 4. The van der Waals surface area contributed by atoms with E-state index in [1.165, 1.54) is 18.2 Å². The highest BCUT2D eigenvalue weighted by molar-refractivity contribution is 7.99. The zero-order valence-electron chi connectivity index (χ0n) is 12.4. The van der Waals surface area contributed by atoms with Crippen molar-refractivity contribution in [2.75, 3.05) is 18.8 Å². The SMILES string of the molecule is C[C@@H]1CCCN(C(=O)CSc2nnc(-c3ccncc3)o2)C1. The average molecular weight is 318 g/mol. The number of amides is 1. The number of aromatic nitrogens is 3. The van der Waals surface area contributed by atoms with E-state index in [-0.39, 0.29) is 5.91 Å². The summed E-state index contributed by atoms with van der Waals surface area (Å²) in [7, 11) is 0. The van der Waals surface area contributed by atoms with Crippen molar-refractivity contribution in [3.8, 4) is 11.5 Å². The van der Waals surface area contributed by atoms with Crippen LogP contribution < -0.4 is 0 Å². The van der Waals surface area contributed by atoms with Crippen LogP contribution in [-0.4, -0.2) is 44.8 Å². The van der Waals surface area contributed by atoms with Crippen molar-refractivity contribution in [2.45, 2.75) is 25.0 Å². The Balaban J connectivity index is 1.56. The van der Waals surface area contributed by atoms with Crippen LogP contribution in [0.2, 0.25) is 0 Å². The van der Waals surface area contributed by atoms with Gasteiger partial charge in [-0.05, 0) is 30.9 Å². The van der Waals surface area contributed by atoms with E-state index in [0.29, 0.717) is 22.8 Å².